The van der Waals surface area contributed by atoms with E-state index in [2.05, 4.69) is 0 Å². The molecule has 234 valence electrons. The van der Waals surface area contributed by atoms with Gasteiger partial charge in [-0.3, -0.25) is 0 Å². The van der Waals surface area contributed by atoms with Crippen LogP contribution < -0.4 is 4.90 Å². The van der Waals surface area contributed by atoms with Gasteiger partial charge >= 0.3 is 6.18 Å². The third kappa shape index (κ3) is 6.74. The highest BCUT2D eigenvalue weighted by Crippen LogP contribution is 2.39. The van der Waals surface area contributed by atoms with E-state index < -0.39 is 43.9 Å². The summed E-state index contributed by atoms with van der Waals surface area (Å²) < 4.78 is 97.7. The Labute approximate surface area is 256 Å². The summed E-state index contributed by atoms with van der Waals surface area (Å²) in [5.41, 5.74) is -2.97. The lowest BCUT2D eigenvalue weighted by Crippen LogP contribution is -2.59. The summed E-state index contributed by atoms with van der Waals surface area (Å²) in [5.74, 6) is 0. The minimum absolute atomic E-state index is 0.0218. The summed E-state index contributed by atoms with van der Waals surface area (Å²) in [5, 5.41) is 10.1. The van der Waals surface area contributed by atoms with Gasteiger partial charge in [0.25, 0.3) is 0 Å². The molecule has 0 spiro atoms. The molecule has 2 aromatic rings. The maximum atomic E-state index is 13.7. The Morgan fingerprint density at radius 3 is 2.21 bits per heavy atom. The molecule has 1 aliphatic carbocycles. The Kier molecular flexibility index (Phi) is 9.60. The molecule has 0 aromatic heterocycles. The van der Waals surface area contributed by atoms with Crippen molar-refractivity contribution < 1.29 is 35.1 Å². The van der Waals surface area contributed by atoms with Crippen LogP contribution in [0.2, 0.25) is 0 Å². The highest BCUT2D eigenvalue weighted by molar-refractivity contribution is 7.96. The summed E-state index contributed by atoms with van der Waals surface area (Å²) in [6.45, 7) is 4.07. The second-order valence-electron chi connectivity index (χ2n) is 10.9. The molecule has 1 fully saturated rings. The second kappa shape index (κ2) is 12.4. The number of thiocarbonyl (C=S) groups is 1. The number of aliphatic hydroxyl groups is 1. The van der Waals surface area contributed by atoms with Crippen LogP contribution >= 0.6 is 12.2 Å². The van der Waals surface area contributed by atoms with Gasteiger partial charge in [-0.15, -0.1) is 0 Å². The van der Waals surface area contributed by atoms with Gasteiger partial charge in [-0.1, -0.05) is 54.7 Å². The standard InChI is InChI=1S/C29H34F3N3O5S3/c1-21(2)35(42(37,38)25-9-5-4-6-10-25)20-24-19-33(43(39,40)27-12-8-7-11-26(27)41)17-18-34(24)23-15-13-22(14-16-23)28(3,36)29(30,31)32/h4-10,12-16,21,24,36H,11,17-20H2,1-3H3/t24-,28?/m1/s1. The van der Waals surface area contributed by atoms with Crippen molar-refractivity contribution >= 4 is 42.8 Å². The summed E-state index contributed by atoms with van der Waals surface area (Å²) in [4.78, 5) is 2.18. The minimum atomic E-state index is -4.90. The molecule has 1 unspecified atom stereocenters. The van der Waals surface area contributed by atoms with E-state index in [9.17, 15) is 35.1 Å². The van der Waals surface area contributed by atoms with Crippen LogP contribution in [-0.2, 0) is 25.6 Å². The number of rotatable bonds is 9. The largest absolute Gasteiger partial charge is 0.421 e. The van der Waals surface area contributed by atoms with Gasteiger partial charge in [-0.25, -0.2) is 16.8 Å². The van der Waals surface area contributed by atoms with Crippen molar-refractivity contribution in [3.63, 3.8) is 0 Å². The number of sulfonamides is 2. The van der Waals surface area contributed by atoms with Crippen molar-refractivity contribution in [3.05, 3.63) is 83.3 Å². The van der Waals surface area contributed by atoms with Crippen LogP contribution in [0.4, 0.5) is 18.9 Å². The quantitative estimate of drug-likeness (QED) is 0.394. The van der Waals surface area contributed by atoms with Gasteiger partial charge < -0.3 is 10.0 Å². The lowest BCUT2D eigenvalue weighted by Gasteiger charge is -2.44. The summed E-state index contributed by atoms with van der Waals surface area (Å²) in [6, 6.07) is 11.8. The van der Waals surface area contributed by atoms with Gasteiger partial charge in [0, 0.05) is 49.2 Å². The fourth-order valence-electron chi connectivity index (χ4n) is 5.10. The van der Waals surface area contributed by atoms with Crippen LogP contribution in [0.3, 0.4) is 0 Å². The maximum Gasteiger partial charge on any atom is 0.421 e. The molecular weight excluding hydrogens is 624 g/mol. The molecule has 2 aromatic carbocycles. The lowest BCUT2D eigenvalue weighted by atomic mass is 9.95. The number of alkyl halides is 3. The van der Waals surface area contributed by atoms with Crippen molar-refractivity contribution in [2.24, 2.45) is 0 Å². The molecule has 2 aliphatic rings. The molecule has 1 saturated heterocycles. The Bertz CT molecular complexity index is 1610. The number of nitrogens with zero attached hydrogens (tertiary/aromatic N) is 3. The molecule has 0 radical (unpaired) electrons. The number of allylic oxidation sites excluding steroid dienone is 4. The second-order valence-corrected chi connectivity index (χ2v) is 15.2. The number of benzene rings is 2. The predicted octanol–water partition coefficient (Wildman–Crippen LogP) is 4.59. The lowest BCUT2D eigenvalue weighted by molar-refractivity contribution is -0.258. The molecule has 1 N–H and O–H groups in total. The van der Waals surface area contributed by atoms with Crippen LogP contribution in [0, 0.1) is 0 Å². The first-order valence-electron chi connectivity index (χ1n) is 13.6. The third-order valence-electron chi connectivity index (χ3n) is 7.65. The molecule has 0 amide bonds. The average molecular weight is 658 g/mol. The van der Waals surface area contributed by atoms with E-state index in [1.807, 2.05) is 0 Å². The number of piperazine rings is 1. The van der Waals surface area contributed by atoms with Crippen molar-refractivity contribution in [1.82, 2.24) is 8.61 Å². The van der Waals surface area contributed by atoms with Gasteiger partial charge in [0.15, 0.2) is 5.60 Å². The predicted molar refractivity (Wildman–Crippen MR) is 164 cm³/mol. The zero-order valence-electron chi connectivity index (χ0n) is 23.9. The zero-order valence-corrected chi connectivity index (χ0v) is 26.3. The minimum Gasteiger partial charge on any atom is -0.376 e. The van der Waals surface area contributed by atoms with E-state index in [-0.39, 0.29) is 46.4 Å². The maximum absolute atomic E-state index is 13.7. The topological polar surface area (TPSA) is 98.2 Å². The number of halogens is 3. The van der Waals surface area contributed by atoms with Gasteiger partial charge in [0.05, 0.1) is 15.8 Å². The zero-order chi connectivity index (χ0) is 31.8. The van der Waals surface area contributed by atoms with Crippen LogP contribution in [0.25, 0.3) is 0 Å². The average Bonchev–Trinajstić information content (AvgIpc) is 2.95. The monoisotopic (exact) mass is 657 g/mol. The van der Waals surface area contributed by atoms with E-state index in [1.165, 1.54) is 51.1 Å². The third-order valence-corrected chi connectivity index (χ3v) is 12.2. The van der Waals surface area contributed by atoms with Crippen LogP contribution in [-0.4, -0.2) is 79.9 Å². The SMILES string of the molecule is CC(C)N(C[C@H]1CN(S(=O)(=O)C2=CC=CCC2=S)CCN1c1ccc(C(C)(O)C(F)(F)F)cc1)S(=O)(=O)c1ccccc1. The van der Waals surface area contributed by atoms with Gasteiger partial charge in [0.1, 0.15) is 0 Å². The normalized spacial score (nSPS) is 20.4. The van der Waals surface area contributed by atoms with E-state index in [4.69, 9.17) is 12.2 Å². The van der Waals surface area contributed by atoms with Crippen LogP contribution in [0.15, 0.2) is 82.6 Å². The first kappa shape index (κ1) is 33.3. The van der Waals surface area contributed by atoms with E-state index in [0.717, 1.165) is 0 Å². The van der Waals surface area contributed by atoms with Crippen LogP contribution in [0.5, 0.6) is 0 Å². The molecule has 8 nitrogen and oxygen atoms in total. The smallest absolute Gasteiger partial charge is 0.376 e. The van der Waals surface area contributed by atoms with Crippen LogP contribution in [0.1, 0.15) is 32.8 Å². The van der Waals surface area contributed by atoms with Crippen molar-refractivity contribution in [2.75, 3.05) is 31.1 Å². The summed E-state index contributed by atoms with van der Waals surface area (Å²) in [6.07, 6.45) is 0.254. The Balaban J connectivity index is 1.73. The first-order valence-corrected chi connectivity index (χ1v) is 16.9. The van der Waals surface area contributed by atoms with Crippen molar-refractivity contribution in [1.29, 1.82) is 0 Å². The molecule has 1 heterocycles. The van der Waals surface area contributed by atoms with Crippen molar-refractivity contribution in [2.45, 2.75) is 55.9 Å². The molecule has 0 saturated carbocycles. The molecule has 0 bridgehead atoms. The summed E-state index contributed by atoms with van der Waals surface area (Å²) in [7, 11) is -8.00. The Morgan fingerprint density at radius 1 is 1.02 bits per heavy atom. The fraction of sp³-hybridized carbons (Fsp3) is 0.414. The Hall–Kier alpha value is -2.62. The molecule has 14 heteroatoms. The molecular formula is C29H34F3N3O5S3. The molecule has 4 rings (SSSR count). The fourth-order valence-corrected chi connectivity index (χ4v) is 8.86. The van der Waals surface area contributed by atoms with Gasteiger partial charge in [0.2, 0.25) is 20.0 Å². The number of anilines is 1. The molecule has 1 aliphatic heterocycles. The van der Waals surface area contributed by atoms with E-state index in [0.29, 0.717) is 19.0 Å². The number of hydrogen-bond acceptors (Lipinski definition) is 7. The first-order chi connectivity index (χ1) is 20.0. The van der Waals surface area contributed by atoms with E-state index in [1.54, 1.807) is 49.1 Å². The van der Waals surface area contributed by atoms with Gasteiger partial charge in [-0.05, 0) is 56.7 Å². The Morgan fingerprint density at radius 2 is 1.65 bits per heavy atom. The highest BCUT2D eigenvalue weighted by Gasteiger charge is 2.51. The highest BCUT2D eigenvalue weighted by atomic mass is 32.2. The van der Waals surface area contributed by atoms with Gasteiger partial charge in [-0.2, -0.15) is 21.8 Å². The van der Waals surface area contributed by atoms with Crippen molar-refractivity contribution in [3.8, 4) is 0 Å². The molecule has 2 atom stereocenters. The number of hydrogen-bond donors (Lipinski definition) is 1. The molecule has 43 heavy (non-hydrogen) atoms. The summed E-state index contributed by atoms with van der Waals surface area (Å²) >= 11 is 5.33. The van der Waals surface area contributed by atoms with E-state index >= 15 is 0 Å².